The summed E-state index contributed by atoms with van der Waals surface area (Å²) in [7, 11) is 0. The lowest BCUT2D eigenvalue weighted by atomic mass is 9.96. The molecule has 0 N–H and O–H groups in total. The van der Waals surface area contributed by atoms with Gasteiger partial charge in [0.2, 0.25) is 0 Å². The first-order valence-corrected chi connectivity index (χ1v) is 15.9. The van der Waals surface area contributed by atoms with Crippen molar-refractivity contribution in [3.05, 3.63) is 152 Å². The largest absolute Gasteiger partial charge is 0.308 e. The van der Waals surface area contributed by atoms with Crippen molar-refractivity contribution >= 4 is 80.4 Å². The second-order valence-corrected chi connectivity index (χ2v) is 12.7. The van der Waals surface area contributed by atoms with Gasteiger partial charge in [0.1, 0.15) is 0 Å². The molecule has 204 valence electrons. The monoisotopic (exact) mass is 575 g/mol. The first-order chi connectivity index (χ1) is 21.8. The minimum absolute atomic E-state index is 1.22. The zero-order valence-electron chi connectivity index (χ0n) is 23.8. The molecule has 3 aromatic heterocycles. The van der Waals surface area contributed by atoms with Gasteiger partial charge in [-0.2, -0.15) is 0 Å². The molecule has 0 atom stereocenters. The molecule has 0 aliphatic rings. The summed E-state index contributed by atoms with van der Waals surface area (Å²) in [5.41, 5.74) is 8.76. The number of rotatable bonds is 2. The molecule has 0 bridgehead atoms. The van der Waals surface area contributed by atoms with Crippen LogP contribution in [0, 0.1) is 0 Å². The van der Waals surface area contributed by atoms with Crippen LogP contribution in [0.25, 0.3) is 91.3 Å². The molecule has 0 fully saturated rings. The van der Waals surface area contributed by atoms with Gasteiger partial charge in [0, 0.05) is 41.9 Å². The van der Waals surface area contributed by atoms with Crippen LogP contribution >= 0.6 is 11.3 Å². The van der Waals surface area contributed by atoms with Crippen molar-refractivity contribution in [3.63, 3.8) is 0 Å². The average Bonchev–Trinajstić information content (AvgIpc) is 3.65. The molecule has 1 nitrogen and oxygen atoms in total. The second-order valence-electron chi connectivity index (χ2n) is 11.7. The number of thiophene rings is 1. The highest BCUT2D eigenvalue weighted by Gasteiger charge is 2.22. The second kappa shape index (κ2) is 9.03. The van der Waals surface area contributed by atoms with Crippen molar-refractivity contribution in [2.75, 3.05) is 0 Å². The lowest BCUT2D eigenvalue weighted by molar-refractivity contribution is 1.36. The van der Waals surface area contributed by atoms with E-state index in [1.807, 2.05) is 11.3 Å². The first kappa shape index (κ1) is 24.0. The van der Waals surface area contributed by atoms with E-state index in [-0.39, 0.29) is 0 Å². The molecular weight excluding hydrogens is 551 g/mol. The van der Waals surface area contributed by atoms with Gasteiger partial charge in [0.15, 0.2) is 0 Å². The predicted molar refractivity (Wildman–Crippen MR) is 191 cm³/mol. The topological polar surface area (TPSA) is 4.41 Å². The van der Waals surface area contributed by atoms with Crippen molar-refractivity contribution in [1.29, 1.82) is 0 Å². The smallest absolute Gasteiger partial charge is 0.0635 e. The summed E-state index contributed by atoms with van der Waals surface area (Å²) < 4.78 is 5.22. The molecule has 0 radical (unpaired) electrons. The van der Waals surface area contributed by atoms with Crippen molar-refractivity contribution in [3.8, 4) is 22.3 Å². The van der Waals surface area contributed by atoms with Crippen LogP contribution in [-0.2, 0) is 0 Å². The molecular formula is C42H25NS. The highest BCUT2D eigenvalue weighted by Crippen LogP contribution is 2.49. The molecule has 0 saturated heterocycles. The van der Waals surface area contributed by atoms with Gasteiger partial charge in [-0.3, -0.25) is 0 Å². The molecule has 10 aromatic rings. The molecule has 10 rings (SSSR count). The van der Waals surface area contributed by atoms with E-state index in [9.17, 15) is 0 Å². The summed E-state index contributed by atoms with van der Waals surface area (Å²) in [6.07, 6.45) is 0. The molecule has 3 heterocycles. The minimum Gasteiger partial charge on any atom is -0.308 e. The summed E-state index contributed by atoms with van der Waals surface area (Å²) >= 11 is 1.92. The molecule has 0 amide bonds. The fourth-order valence-electron chi connectivity index (χ4n) is 7.45. The Morgan fingerprint density at radius 2 is 1.02 bits per heavy atom. The van der Waals surface area contributed by atoms with Crippen molar-refractivity contribution in [2.24, 2.45) is 0 Å². The Balaban J connectivity index is 1.58. The number of fused-ring (bicyclic) bond motifs is 8. The quantitative estimate of drug-likeness (QED) is 0.193. The molecule has 2 heteroatoms. The first-order valence-electron chi connectivity index (χ1n) is 15.1. The van der Waals surface area contributed by atoms with Gasteiger partial charge >= 0.3 is 0 Å². The van der Waals surface area contributed by atoms with E-state index in [2.05, 4.69) is 156 Å². The summed E-state index contributed by atoms with van der Waals surface area (Å²) in [5.74, 6) is 0. The van der Waals surface area contributed by atoms with Gasteiger partial charge in [-0.15, -0.1) is 11.3 Å². The van der Waals surface area contributed by atoms with E-state index in [0.29, 0.717) is 0 Å². The fourth-order valence-corrected chi connectivity index (χ4v) is 8.72. The highest BCUT2D eigenvalue weighted by atomic mass is 32.1. The maximum Gasteiger partial charge on any atom is 0.0635 e. The Bertz CT molecular complexity index is 2750. The summed E-state index contributed by atoms with van der Waals surface area (Å²) in [4.78, 5) is 0. The van der Waals surface area contributed by atoms with Crippen LogP contribution in [0.5, 0.6) is 0 Å². The van der Waals surface area contributed by atoms with Gasteiger partial charge in [-0.05, 0) is 63.2 Å². The molecule has 44 heavy (non-hydrogen) atoms. The van der Waals surface area contributed by atoms with Crippen molar-refractivity contribution in [2.45, 2.75) is 0 Å². The molecule has 0 aliphatic carbocycles. The van der Waals surface area contributed by atoms with Gasteiger partial charge in [0.25, 0.3) is 0 Å². The Kier molecular flexibility index (Phi) is 4.94. The van der Waals surface area contributed by atoms with E-state index in [0.717, 1.165) is 0 Å². The molecule has 0 unspecified atom stereocenters. The number of para-hydroxylation sites is 1. The summed E-state index contributed by atoms with van der Waals surface area (Å²) in [6, 6.07) is 55.9. The summed E-state index contributed by atoms with van der Waals surface area (Å²) in [5, 5.41) is 10.4. The zero-order valence-corrected chi connectivity index (χ0v) is 24.6. The summed E-state index contributed by atoms with van der Waals surface area (Å²) in [6.45, 7) is 0. The fraction of sp³-hybridized carbons (Fsp3) is 0. The van der Waals surface area contributed by atoms with Crippen LogP contribution in [0.3, 0.4) is 0 Å². The number of hydrogen-bond donors (Lipinski definition) is 0. The lowest BCUT2D eigenvalue weighted by Gasteiger charge is -2.08. The Hall–Kier alpha value is -5.44. The Labute approximate surface area is 257 Å². The zero-order chi connectivity index (χ0) is 28.8. The van der Waals surface area contributed by atoms with E-state index in [1.54, 1.807) is 0 Å². The van der Waals surface area contributed by atoms with Crippen LogP contribution < -0.4 is 0 Å². The lowest BCUT2D eigenvalue weighted by Crippen LogP contribution is -1.87. The third-order valence-corrected chi connectivity index (χ3v) is 10.5. The van der Waals surface area contributed by atoms with E-state index in [1.165, 1.54) is 91.3 Å². The van der Waals surface area contributed by atoms with E-state index < -0.39 is 0 Å². The number of nitrogens with zero attached hydrogens (tertiary/aromatic N) is 1. The third kappa shape index (κ3) is 3.23. The van der Waals surface area contributed by atoms with Crippen LogP contribution in [0.1, 0.15) is 0 Å². The van der Waals surface area contributed by atoms with Gasteiger partial charge in [-0.25, -0.2) is 0 Å². The van der Waals surface area contributed by atoms with Gasteiger partial charge < -0.3 is 4.40 Å². The molecule has 7 aromatic carbocycles. The predicted octanol–water partition coefficient (Wildman–Crippen LogP) is 12.3. The molecule has 0 spiro atoms. The maximum absolute atomic E-state index is 2.55. The van der Waals surface area contributed by atoms with Crippen LogP contribution in [0.15, 0.2) is 152 Å². The van der Waals surface area contributed by atoms with E-state index in [4.69, 9.17) is 0 Å². The van der Waals surface area contributed by atoms with Crippen LogP contribution in [0.4, 0.5) is 0 Å². The van der Waals surface area contributed by atoms with E-state index >= 15 is 0 Å². The molecule has 0 aliphatic heterocycles. The standard InChI is InChI=1S/C42H25NS/c1-3-12-26(13-4-1)28-22-23-37-34(24-28)35-25-33(27-14-5-2-6-15-27)42-40-39-32(19-11-21-38(39)44-42)30-17-8-7-16-29(30)31-18-9-10-20-36(31)43(37)41(35)40/h1-25H. The average molecular weight is 576 g/mol. The third-order valence-electron chi connectivity index (χ3n) is 9.34. The molecule has 0 saturated carbocycles. The maximum atomic E-state index is 2.55. The number of hydrogen-bond acceptors (Lipinski definition) is 1. The van der Waals surface area contributed by atoms with Crippen molar-refractivity contribution < 1.29 is 0 Å². The Morgan fingerprint density at radius 1 is 0.386 bits per heavy atom. The van der Waals surface area contributed by atoms with Gasteiger partial charge in [-0.1, -0.05) is 121 Å². The normalized spacial score (nSPS) is 12.1. The number of aromatic nitrogens is 1. The van der Waals surface area contributed by atoms with Crippen LogP contribution in [0.2, 0.25) is 0 Å². The highest BCUT2D eigenvalue weighted by molar-refractivity contribution is 7.26. The minimum atomic E-state index is 1.22. The SMILES string of the molecule is c1ccc(-c2ccc3c(c2)c2cc(-c4ccccc4)c4sc5cccc6c7ccccc7c7ccccc7n3c2c4c56)cc1. The Morgan fingerprint density at radius 3 is 1.82 bits per heavy atom. The van der Waals surface area contributed by atoms with Gasteiger partial charge in [0.05, 0.1) is 16.6 Å². The van der Waals surface area contributed by atoms with Crippen molar-refractivity contribution in [1.82, 2.24) is 4.40 Å². The van der Waals surface area contributed by atoms with Crippen LogP contribution in [-0.4, -0.2) is 4.40 Å². The number of benzene rings is 7.